The van der Waals surface area contributed by atoms with E-state index < -0.39 is 11.7 Å². The van der Waals surface area contributed by atoms with Crippen molar-refractivity contribution >= 4 is 17.1 Å². The Morgan fingerprint density at radius 3 is 2.73 bits per heavy atom. The lowest BCUT2D eigenvalue weighted by atomic mass is 9.92. The van der Waals surface area contributed by atoms with Crippen molar-refractivity contribution in [1.82, 2.24) is 4.98 Å². The van der Waals surface area contributed by atoms with E-state index in [4.69, 9.17) is 0 Å². The van der Waals surface area contributed by atoms with Crippen LogP contribution in [-0.4, -0.2) is 11.2 Å². The topological polar surface area (TPSA) is 28.1 Å². The van der Waals surface area contributed by atoms with Crippen LogP contribution in [0.15, 0.2) is 47.6 Å². The molecule has 0 amide bonds. The van der Waals surface area contributed by atoms with Gasteiger partial charge in [0.1, 0.15) is 0 Å². The Morgan fingerprint density at radius 1 is 1.05 bits per heavy atom. The van der Waals surface area contributed by atoms with E-state index in [1.807, 2.05) is 24.3 Å². The minimum atomic E-state index is -4.36. The monoisotopic (exact) mass is 300 g/mol. The Hall–Kier alpha value is -2.56. The number of rotatable bonds is 1. The number of fused-ring (bicyclic) bond motifs is 2. The molecule has 0 saturated carbocycles. The van der Waals surface area contributed by atoms with Crippen LogP contribution in [-0.2, 0) is 12.7 Å². The minimum absolute atomic E-state index is 0.301. The van der Waals surface area contributed by atoms with Crippen LogP contribution < -0.4 is 0 Å². The molecule has 5 heteroatoms. The second-order valence-electron chi connectivity index (χ2n) is 5.31. The number of aromatic nitrogens is 1. The van der Waals surface area contributed by atoms with Gasteiger partial charge < -0.3 is 4.98 Å². The van der Waals surface area contributed by atoms with Crippen LogP contribution >= 0.6 is 0 Å². The lowest BCUT2D eigenvalue weighted by molar-refractivity contribution is -0.137. The average Bonchev–Trinajstić information content (AvgIpc) is 3.13. The van der Waals surface area contributed by atoms with Gasteiger partial charge in [0.15, 0.2) is 0 Å². The summed E-state index contributed by atoms with van der Waals surface area (Å²) in [6.45, 7) is 0.301. The largest absolute Gasteiger partial charge is 0.416 e. The van der Waals surface area contributed by atoms with Crippen LogP contribution in [0.2, 0.25) is 0 Å². The Labute approximate surface area is 124 Å². The van der Waals surface area contributed by atoms with E-state index in [2.05, 4.69) is 9.98 Å². The lowest BCUT2D eigenvalue weighted by Gasteiger charge is -2.14. The molecule has 2 nitrogen and oxygen atoms in total. The number of benzene rings is 2. The van der Waals surface area contributed by atoms with Gasteiger partial charge in [-0.1, -0.05) is 12.1 Å². The third-order valence-corrected chi connectivity index (χ3v) is 3.96. The lowest BCUT2D eigenvalue weighted by Crippen LogP contribution is -2.07. The highest BCUT2D eigenvalue weighted by Crippen LogP contribution is 2.39. The van der Waals surface area contributed by atoms with E-state index in [-0.39, 0.29) is 0 Å². The molecule has 110 valence electrons. The normalized spacial score (nSPS) is 13.8. The molecule has 22 heavy (non-hydrogen) atoms. The summed E-state index contributed by atoms with van der Waals surface area (Å²) in [5.41, 5.74) is 3.04. The molecule has 0 unspecified atom stereocenters. The second-order valence-corrected chi connectivity index (χ2v) is 5.31. The van der Waals surface area contributed by atoms with Gasteiger partial charge in [-0.3, -0.25) is 4.99 Å². The number of aromatic amines is 1. The maximum absolute atomic E-state index is 13.2. The number of halogens is 3. The van der Waals surface area contributed by atoms with Gasteiger partial charge in [0.2, 0.25) is 0 Å². The van der Waals surface area contributed by atoms with Gasteiger partial charge in [0.05, 0.1) is 12.1 Å². The summed E-state index contributed by atoms with van der Waals surface area (Å²) in [6.07, 6.45) is -0.912. The average molecular weight is 300 g/mol. The van der Waals surface area contributed by atoms with E-state index >= 15 is 0 Å². The van der Waals surface area contributed by atoms with E-state index in [0.29, 0.717) is 17.7 Å². The summed E-state index contributed by atoms with van der Waals surface area (Å²) >= 11 is 0. The van der Waals surface area contributed by atoms with Crippen molar-refractivity contribution in [2.75, 3.05) is 0 Å². The molecular weight excluding hydrogens is 289 g/mol. The number of H-pyrrole nitrogens is 1. The minimum Gasteiger partial charge on any atom is -0.361 e. The Morgan fingerprint density at radius 2 is 1.91 bits per heavy atom. The molecule has 3 aromatic rings. The number of nitrogens with zero attached hydrogens (tertiary/aromatic N) is 1. The van der Waals surface area contributed by atoms with E-state index in [1.165, 1.54) is 12.1 Å². The summed E-state index contributed by atoms with van der Waals surface area (Å²) in [6, 6.07) is 9.89. The second kappa shape index (κ2) is 4.47. The Kier molecular flexibility index (Phi) is 2.66. The number of hydrogen-bond donors (Lipinski definition) is 1. The van der Waals surface area contributed by atoms with Gasteiger partial charge in [-0.25, -0.2) is 0 Å². The van der Waals surface area contributed by atoms with Gasteiger partial charge in [-0.15, -0.1) is 0 Å². The summed E-state index contributed by atoms with van der Waals surface area (Å²) in [4.78, 5) is 7.21. The summed E-state index contributed by atoms with van der Waals surface area (Å²) < 4.78 is 39.5. The maximum atomic E-state index is 13.2. The molecule has 2 aromatic carbocycles. The SMILES string of the molecule is FC(F)(F)c1cc2c(c(-c3cccc4[nH]ccc34)c1)C=NC2. The van der Waals surface area contributed by atoms with Gasteiger partial charge in [-0.05, 0) is 41.0 Å². The van der Waals surface area contributed by atoms with Crippen LogP contribution in [0.25, 0.3) is 22.0 Å². The molecule has 0 spiro atoms. The number of hydrogen-bond acceptors (Lipinski definition) is 1. The molecule has 1 aromatic heterocycles. The molecule has 1 N–H and O–H groups in total. The summed E-state index contributed by atoms with van der Waals surface area (Å²) in [5, 5.41) is 0.907. The van der Waals surface area contributed by atoms with Crippen LogP contribution in [0.4, 0.5) is 13.2 Å². The molecule has 0 radical (unpaired) electrons. The predicted molar refractivity (Wildman–Crippen MR) is 80.0 cm³/mol. The summed E-state index contributed by atoms with van der Waals surface area (Å²) in [5.74, 6) is 0. The highest BCUT2D eigenvalue weighted by molar-refractivity contribution is 6.02. The molecule has 0 saturated heterocycles. The van der Waals surface area contributed by atoms with Crippen molar-refractivity contribution in [3.8, 4) is 11.1 Å². The first-order valence-electron chi connectivity index (χ1n) is 6.84. The van der Waals surface area contributed by atoms with Crippen molar-refractivity contribution in [1.29, 1.82) is 0 Å². The molecule has 4 rings (SSSR count). The molecule has 1 aliphatic rings. The molecule has 0 fully saturated rings. The van der Waals surface area contributed by atoms with Crippen molar-refractivity contribution in [3.05, 3.63) is 59.3 Å². The van der Waals surface area contributed by atoms with E-state index in [1.54, 1.807) is 12.4 Å². The first-order valence-corrected chi connectivity index (χ1v) is 6.84. The van der Waals surface area contributed by atoms with Gasteiger partial charge >= 0.3 is 6.18 Å². The fourth-order valence-electron chi connectivity index (χ4n) is 2.94. The quantitative estimate of drug-likeness (QED) is 0.669. The van der Waals surface area contributed by atoms with Crippen LogP contribution in [0.5, 0.6) is 0 Å². The maximum Gasteiger partial charge on any atom is 0.416 e. The van der Waals surface area contributed by atoms with E-state index in [0.717, 1.165) is 22.0 Å². The zero-order chi connectivity index (χ0) is 15.3. The third-order valence-electron chi connectivity index (χ3n) is 3.96. The van der Waals surface area contributed by atoms with E-state index in [9.17, 15) is 13.2 Å². The van der Waals surface area contributed by atoms with Crippen molar-refractivity contribution in [3.63, 3.8) is 0 Å². The number of alkyl halides is 3. The summed E-state index contributed by atoms with van der Waals surface area (Å²) in [7, 11) is 0. The predicted octanol–water partition coefficient (Wildman–Crippen LogP) is 4.79. The fraction of sp³-hybridized carbons (Fsp3) is 0.118. The molecule has 0 atom stereocenters. The van der Waals surface area contributed by atoms with Crippen molar-refractivity contribution < 1.29 is 13.2 Å². The van der Waals surface area contributed by atoms with Gasteiger partial charge in [0, 0.05) is 28.9 Å². The number of aliphatic imine (C=N–C) groups is 1. The molecular formula is C17H11F3N2. The van der Waals surface area contributed by atoms with Gasteiger partial charge in [0.25, 0.3) is 0 Å². The molecule has 2 heterocycles. The highest BCUT2D eigenvalue weighted by atomic mass is 19.4. The highest BCUT2D eigenvalue weighted by Gasteiger charge is 2.32. The molecule has 0 bridgehead atoms. The zero-order valence-electron chi connectivity index (χ0n) is 11.4. The molecule has 0 aliphatic carbocycles. The zero-order valence-corrected chi connectivity index (χ0v) is 11.4. The van der Waals surface area contributed by atoms with Crippen LogP contribution in [0, 0.1) is 0 Å². The third kappa shape index (κ3) is 1.93. The number of nitrogens with one attached hydrogen (secondary N) is 1. The van der Waals surface area contributed by atoms with Gasteiger partial charge in [-0.2, -0.15) is 13.2 Å². The van der Waals surface area contributed by atoms with Crippen molar-refractivity contribution in [2.45, 2.75) is 12.7 Å². The molecule has 1 aliphatic heterocycles. The fourth-order valence-corrected chi connectivity index (χ4v) is 2.94. The Bertz CT molecular complexity index is 904. The first-order chi connectivity index (χ1) is 10.5. The van der Waals surface area contributed by atoms with Crippen LogP contribution in [0.1, 0.15) is 16.7 Å². The standard InChI is InChI=1S/C17H11F3N2/c18-17(19,20)11-6-10-8-21-9-15(10)14(7-11)12-2-1-3-16-13(12)4-5-22-16/h1-7,9,22H,8H2. The first kappa shape index (κ1) is 13.1. The Balaban J connectivity index is 2.04. The van der Waals surface area contributed by atoms with Crippen LogP contribution in [0.3, 0.4) is 0 Å². The van der Waals surface area contributed by atoms with Crippen molar-refractivity contribution in [2.24, 2.45) is 4.99 Å². The smallest absolute Gasteiger partial charge is 0.361 e.